The molecule has 0 spiro atoms. The first-order valence-electron chi connectivity index (χ1n) is 14.4. The summed E-state index contributed by atoms with van der Waals surface area (Å²) in [6, 6.07) is 54.0. The molecule has 9 rings (SSSR count). The summed E-state index contributed by atoms with van der Waals surface area (Å²) in [5, 5.41) is 10.5. The Bertz CT molecular complexity index is 2300. The van der Waals surface area contributed by atoms with Crippen LogP contribution in [-0.4, -0.2) is 0 Å². The zero-order valence-corrected chi connectivity index (χ0v) is 22.6. The van der Waals surface area contributed by atoms with Gasteiger partial charge in [-0.25, -0.2) is 0 Å². The maximum Gasteiger partial charge on any atom is -0.00132 e. The quantitative estimate of drug-likeness (QED) is 0.200. The van der Waals surface area contributed by atoms with Crippen LogP contribution in [0.4, 0.5) is 0 Å². The third kappa shape index (κ3) is 3.47. The lowest BCUT2D eigenvalue weighted by atomic mass is 9.91. The van der Waals surface area contributed by atoms with E-state index in [9.17, 15) is 0 Å². The fourth-order valence-electron chi connectivity index (χ4n) is 7.02. The molecule has 190 valence electrons. The maximum absolute atomic E-state index is 2.40. The average Bonchev–Trinajstić information content (AvgIpc) is 3.40. The van der Waals surface area contributed by atoms with Crippen molar-refractivity contribution in [1.29, 1.82) is 0 Å². The Hall–Kier alpha value is -5.20. The molecule has 8 aromatic rings. The molecule has 0 heteroatoms. The van der Waals surface area contributed by atoms with Gasteiger partial charge in [0.05, 0.1) is 0 Å². The minimum absolute atomic E-state index is 1.01. The predicted octanol–water partition coefficient (Wildman–Crippen LogP) is 11.2. The molecule has 0 nitrogen and oxygen atoms in total. The van der Waals surface area contributed by atoms with Crippen LogP contribution in [-0.2, 0) is 6.42 Å². The highest BCUT2D eigenvalue weighted by Gasteiger charge is 2.20. The molecule has 0 unspecified atom stereocenters. The van der Waals surface area contributed by atoms with Crippen LogP contribution in [0.2, 0.25) is 0 Å². The van der Waals surface area contributed by atoms with E-state index < -0.39 is 0 Å². The molecular formula is C41H26. The van der Waals surface area contributed by atoms with Crippen LogP contribution >= 0.6 is 0 Å². The highest BCUT2D eigenvalue weighted by molar-refractivity contribution is 6.25. The molecule has 41 heavy (non-hydrogen) atoms. The molecule has 0 N–H and O–H groups in total. The molecule has 0 saturated carbocycles. The third-order valence-electron chi connectivity index (χ3n) is 9.03. The van der Waals surface area contributed by atoms with Gasteiger partial charge in [-0.2, -0.15) is 0 Å². The van der Waals surface area contributed by atoms with Gasteiger partial charge in [-0.15, -0.1) is 0 Å². The molecule has 1 aliphatic rings. The molecule has 8 aromatic carbocycles. The molecule has 0 atom stereocenters. The summed E-state index contributed by atoms with van der Waals surface area (Å²) in [5.74, 6) is 0. The monoisotopic (exact) mass is 518 g/mol. The summed E-state index contributed by atoms with van der Waals surface area (Å²) in [7, 11) is 0. The largest absolute Gasteiger partial charge is 0.0616 e. The fourth-order valence-corrected chi connectivity index (χ4v) is 7.02. The lowest BCUT2D eigenvalue weighted by Crippen LogP contribution is -1.86. The van der Waals surface area contributed by atoms with Gasteiger partial charge >= 0.3 is 0 Å². The van der Waals surface area contributed by atoms with Gasteiger partial charge in [0.15, 0.2) is 0 Å². The van der Waals surface area contributed by atoms with Gasteiger partial charge in [-0.1, -0.05) is 121 Å². The van der Waals surface area contributed by atoms with Crippen molar-refractivity contribution in [1.82, 2.24) is 0 Å². The van der Waals surface area contributed by atoms with Crippen LogP contribution in [0.3, 0.4) is 0 Å². The van der Waals surface area contributed by atoms with Crippen LogP contribution in [0.5, 0.6) is 0 Å². The van der Waals surface area contributed by atoms with Gasteiger partial charge in [-0.05, 0) is 118 Å². The first-order valence-corrected chi connectivity index (χ1v) is 14.4. The molecule has 0 bridgehead atoms. The highest BCUT2D eigenvalue weighted by Crippen LogP contribution is 2.42. The summed E-state index contributed by atoms with van der Waals surface area (Å²) in [6.45, 7) is 0. The van der Waals surface area contributed by atoms with Gasteiger partial charge in [0.25, 0.3) is 0 Å². The van der Waals surface area contributed by atoms with Crippen molar-refractivity contribution in [3.05, 3.63) is 157 Å². The standard InChI is InChI=1S/C41H26/c1-2-9-29-23-40-33(21-26(29)8-1)22-32-17-16-30(24-39(32)40)27-10-7-11-28(20-27)31-18-19-38-36-14-4-3-12-34(36)35-13-5-6-15-37(35)41(38)25-31/h1-21,23-25H,22H2. The van der Waals surface area contributed by atoms with E-state index in [2.05, 4.69) is 146 Å². The van der Waals surface area contributed by atoms with E-state index in [0.29, 0.717) is 0 Å². The van der Waals surface area contributed by atoms with E-state index in [1.54, 1.807) is 0 Å². The second kappa shape index (κ2) is 8.65. The van der Waals surface area contributed by atoms with Gasteiger partial charge in [0.2, 0.25) is 0 Å². The Labute approximate surface area is 239 Å². The van der Waals surface area contributed by atoms with Crippen LogP contribution in [0.25, 0.3) is 76.5 Å². The van der Waals surface area contributed by atoms with Crippen molar-refractivity contribution in [2.45, 2.75) is 6.42 Å². The molecule has 0 aromatic heterocycles. The summed E-state index contributed by atoms with van der Waals surface area (Å²) in [5.41, 5.74) is 10.6. The topological polar surface area (TPSA) is 0 Å². The molecule has 1 aliphatic carbocycles. The zero-order valence-electron chi connectivity index (χ0n) is 22.6. The molecule has 0 fully saturated rings. The number of benzene rings is 8. The van der Waals surface area contributed by atoms with E-state index in [1.165, 1.54) is 87.6 Å². The Morgan fingerprint density at radius 1 is 0.293 bits per heavy atom. The first-order chi connectivity index (χ1) is 20.3. The van der Waals surface area contributed by atoms with Crippen LogP contribution in [0, 0.1) is 0 Å². The first kappa shape index (κ1) is 22.6. The van der Waals surface area contributed by atoms with Gasteiger partial charge in [-0.3, -0.25) is 0 Å². The highest BCUT2D eigenvalue weighted by atomic mass is 14.2. The average molecular weight is 519 g/mol. The zero-order chi connectivity index (χ0) is 26.9. The van der Waals surface area contributed by atoms with Gasteiger partial charge < -0.3 is 0 Å². The van der Waals surface area contributed by atoms with E-state index in [4.69, 9.17) is 0 Å². The molecule has 0 saturated heterocycles. The molecule has 0 aliphatic heterocycles. The smallest absolute Gasteiger partial charge is 0.00132 e. The van der Waals surface area contributed by atoms with Crippen molar-refractivity contribution in [3.8, 4) is 33.4 Å². The van der Waals surface area contributed by atoms with E-state index in [-0.39, 0.29) is 0 Å². The normalized spacial score (nSPS) is 12.3. The minimum Gasteiger partial charge on any atom is -0.0616 e. The number of fused-ring (bicyclic) bond motifs is 10. The van der Waals surface area contributed by atoms with Crippen LogP contribution < -0.4 is 0 Å². The van der Waals surface area contributed by atoms with Crippen molar-refractivity contribution < 1.29 is 0 Å². The van der Waals surface area contributed by atoms with Crippen molar-refractivity contribution in [2.75, 3.05) is 0 Å². The Kier molecular flexibility index (Phi) is 4.77. The fraction of sp³-hybridized carbons (Fsp3) is 0.0244. The number of rotatable bonds is 2. The lowest BCUT2D eigenvalue weighted by Gasteiger charge is -2.13. The van der Waals surface area contributed by atoms with Crippen LogP contribution in [0.15, 0.2) is 146 Å². The second-order valence-corrected chi connectivity index (χ2v) is 11.3. The lowest BCUT2D eigenvalue weighted by molar-refractivity contribution is 1.27. The molecular weight excluding hydrogens is 492 g/mol. The van der Waals surface area contributed by atoms with Gasteiger partial charge in [0, 0.05) is 0 Å². The second-order valence-electron chi connectivity index (χ2n) is 11.3. The summed E-state index contributed by atoms with van der Waals surface area (Å²) >= 11 is 0. The molecule has 0 heterocycles. The molecule has 0 amide bonds. The summed E-state index contributed by atoms with van der Waals surface area (Å²) in [4.78, 5) is 0. The van der Waals surface area contributed by atoms with Crippen molar-refractivity contribution in [2.24, 2.45) is 0 Å². The number of hydrogen-bond acceptors (Lipinski definition) is 0. The predicted molar refractivity (Wildman–Crippen MR) is 176 cm³/mol. The van der Waals surface area contributed by atoms with Crippen LogP contribution in [0.1, 0.15) is 11.1 Å². The molecule has 0 radical (unpaired) electrons. The van der Waals surface area contributed by atoms with E-state index >= 15 is 0 Å². The van der Waals surface area contributed by atoms with E-state index in [0.717, 1.165) is 6.42 Å². The Morgan fingerprint density at radius 3 is 1.51 bits per heavy atom. The van der Waals surface area contributed by atoms with Gasteiger partial charge in [0.1, 0.15) is 0 Å². The number of hydrogen-bond donors (Lipinski definition) is 0. The minimum atomic E-state index is 1.01. The Balaban J connectivity index is 1.17. The third-order valence-corrected chi connectivity index (χ3v) is 9.03. The van der Waals surface area contributed by atoms with Crippen molar-refractivity contribution >= 4 is 43.1 Å². The Morgan fingerprint density at radius 2 is 0.805 bits per heavy atom. The van der Waals surface area contributed by atoms with E-state index in [1.807, 2.05) is 0 Å². The summed E-state index contributed by atoms with van der Waals surface area (Å²) < 4.78 is 0. The maximum atomic E-state index is 2.40. The van der Waals surface area contributed by atoms with Crippen molar-refractivity contribution in [3.63, 3.8) is 0 Å². The summed E-state index contributed by atoms with van der Waals surface area (Å²) in [6.07, 6.45) is 1.01. The SMILES string of the molecule is c1cc(-c2ccc3c(c2)-c2cc4ccccc4cc2C3)cc(-c2ccc3c4ccccc4c4ccccc4c3c2)c1.